The summed E-state index contributed by atoms with van der Waals surface area (Å²) in [6.07, 6.45) is 8.68. The van der Waals surface area contributed by atoms with E-state index in [1.807, 2.05) is 91.0 Å². The minimum Gasteiger partial charge on any atom is -0.253 e. The summed E-state index contributed by atoms with van der Waals surface area (Å²) in [5.41, 5.74) is 4.73. The first-order valence-electron chi connectivity index (χ1n) is 10.6. The van der Waals surface area contributed by atoms with Crippen LogP contribution in [0, 0.1) is 26.8 Å². The molecule has 3 aromatic rings. The third kappa shape index (κ3) is 17.4. The maximum Gasteiger partial charge on any atom is 4.00 e. The van der Waals surface area contributed by atoms with Crippen molar-refractivity contribution in [3.05, 3.63) is 152 Å². The van der Waals surface area contributed by atoms with Crippen molar-refractivity contribution in [1.29, 1.82) is 0 Å². The van der Waals surface area contributed by atoms with Gasteiger partial charge in [-0.05, 0) is 0 Å². The molecular formula is C30H36SiTi. The molecule has 0 spiro atoms. The second-order valence-electron chi connectivity index (χ2n) is 8.55. The molecule has 0 atom stereocenters. The minimum atomic E-state index is -0.862. The Kier molecular flexibility index (Phi) is 16.0. The van der Waals surface area contributed by atoms with Crippen molar-refractivity contribution in [1.82, 2.24) is 0 Å². The average molecular weight is 473 g/mol. The smallest absolute Gasteiger partial charge is 0.253 e. The molecule has 0 unspecified atom stereocenters. The monoisotopic (exact) mass is 472 g/mol. The van der Waals surface area contributed by atoms with E-state index < -0.39 is 8.07 Å². The average Bonchev–Trinajstić information content (AvgIpc) is 3.23. The van der Waals surface area contributed by atoms with E-state index in [4.69, 9.17) is 0 Å². The van der Waals surface area contributed by atoms with Crippen LogP contribution in [0.2, 0.25) is 25.7 Å². The maximum absolute atomic E-state index is 3.72. The fourth-order valence-electron chi connectivity index (χ4n) is 2.63. The van der Waals surface area contributed by atoms with Crippen LogP contribution >= 0.6 is 0 Å². The fraction of sp³-hybridized carbons (Fsp3) is 0.167. The van der Waals surface area contributed by atoms with Crippen molar-refractivity contribution in [3.8, 4) is 0 Å². The number of benzene rings is 3. The van der Waals surface area contributed by atoms with Gasteiger partial charge in [0.2, 0.25) is 0 Å². The SMILES string of the molecule is C[Si](C)(C)CC1=[C-]C=CC1.[CH2-]c1ccccc1.[CH2-]c1ccccc1.[CH2-]c1ccccc1.[Ti+4]. The molecule has 0 bridgehead atoms. The van der Waals surface area contributed by atoms with Gasteiger partial charge in [0.25, 0.3) is 0 Å². The number of rotatable bonds is 2. The van der Waals surface area contributed by atoms with E-state index in [9.17, 15) is 0 Å². The van der Waals surface area contributed by atoms with Gasteiger partial charge in [-0.2, -0.15) is 79.4 Å². The number of allylic oxidation sites excluding steroid dienone is 4. The predicted octanol–water partition coefficient (Wildman–Crippen LogP) is 8.62. The Morgan fingerprint density at radius 2 is 1.00 bits per heavy atom. The molecule has 3 aromatic carbocycles. The van der Waals surface area contributed by atoms with Crippen LogP contribution in [0.4, 0.5) is 0 Å². The van der Waals surface area contributed by atoms with E-state index in [0.717, 1.165) is 23.1 Å². The zero-order valence-corrected chi connectivity index (χ0v) is 22.4. The molecule has 0 aromatic heterocycles. The summed E-state index contributed by atoms with van der Waals surface area (Å²) >= 11 is 0. The van der Waals surface area contributed by atoms with Crippen LogP contribution in [0.3, 0.4) is 0 Å². The van der Waals surface area contributed by atoms with E-state index in [0.29, 0.717) is 0 Å². The summed E-state index contributed by atoms with van der Waals surface area (Å²) in [7, 11) is -0.862. The predicted molar refractivity (Wildman–Crippen MR) is 141 cm³/mol. The molecule has 1 aliphatic rings. The van der Waals surface area contributed by atoms with Crippen LogP contribution in [-0.4, -0.2) is 8.07 Å². The van der Waals surface area contributed by atoms with Crippen molar-refractivity contribution in [2.75, 3.05) is 0 Å². The molecule has 164 valence electrons. The Labute approximate surface area is 213 Å². The summed E-state index contributed by atoms with van der Waals surface area (Å²) in [6, 6.07) is 30.9. The van der Waals surface area contributed by atoms with E-state index in [2.05, 4.69) is 58.6 Å². The molecule has 0 nitrogen and oxygen atoms in total. The van der Waals surface area contributed by atoms with Crippen LogP contribution in [0.25, 0.3) is 0 Å². The number of hydrogen-bond donors (Lipinski definition) is 0. The third-order valence-corrected chi connectivity index (χ3v) is 5.53. The molecular weight excluding hydrogens is 436 g/mol. The first-order chi connectivity index (χ1) is 14.8. The van der Waals surface area contributed by atoms with Crippen molar-refractivity contribution < 1.29 is 21.7 Å². The molecule has 32 heavy (non-hydrogen) atoms. The zero-order valence-electron chi connectivity index (χ0n) is 19.9. The molecule has 0 heterocycles. The second kappa shape index (κ2) is 17.3. The van der Waals surface area contributed by atoms with Gasteiger partial charge in [0.05, 0.1) is 0 Å². The quantitative estimate of drug-likeness (QED) is 0.259. The summed E-state index contributed by atoms with van der Waals surface area (Å²) in [4.78, 5) is 0. The maximum atomic E-state index is 3.72. The molecule has 2 heteroatoms. The summed E-state index contributed by atoms with van der Waals surface area (Å²) < 4.78 is 0. The molecule has 0 amide bonds. The van der Waals surface area contributed by atoms with Gasteiger partial charge in [0, 0.05) is 8.07 Å². The first-order valence-corrected chi connectivity index (χ1v) is 14.3. The van der Waals surface area contributed by atoms with Crippen molar-refractivity contribution in [2.24, 2.45) is 0 Å². The molecule has 4 rings (SSSR count). The second-order valence-corrected chi connectivity index (χ2v) is 14.0. The summed E-state index contributed by atoms with van der Waals surface area (Å²) in [5, 5.41) is 0. The molecule has 0 fully saturated rings. The van der Waals surface area contributed by atoms with Crippen LogP contribution in [0.1, 0.15) is 23.1 Å². The molecule has 0 radical (unpaired) electrons. The molecule has 0 N–H and O–H groups in total. The van der Waals surface area contributed by atoms with Gasteiger partial charge in [-0.3, -0.25) is 6.08 Å². The van der Waals surface area contributed by atoms with Crippen molar-refractivity contribution in [3.63, 3.8) is 0 Å². The van der Waals surface area contributed by atoms with Crippen LogP contribution in [0.5, 0.6) is 0 Å². The number of hydrogen-bond acceptors (Lipinski definition) is 0. The van der Waals surface area contributed by atoms with Gasteiger partial charge in [-0.15, -0.1) is 36.4 Å². The Balaban J connectivity index is 0.000000401. The largest absolute Gasteiger partial charge is 4.00 e. The van der Waals surface area contributed by atoms with E-state index >= 15 is 0 Å². The molecule has 0 saturated heterocycles. The molecule has 0 saturated carbocycles. The van der Waals surface area contributed by atoms with Crippen molar-refractivity contribution >= 4 is 8.07 Å². The zero-order chi connectivity index (χ0) is 23.0. The molecule has 0 aliphatic heterocycles. The Bertz CT molecular complexity index is 787. The Hall–Kier alpha value is -2.32. The van der Waals surface area contributed by atoms with Gasteiger partial charge < -0.3 is 0 Å². The van der Waals surface area contributed by atoms with Crippen LogP contribution in [-0.2, 0) is 21.7 Å². The standard InChI is InChI=1S/C9H15Si.3C7H7.Ti/c1-10(2,3)8-9-6-4-5-7-9;3*1-7-5-3-2-4-6-7;/h4-5H,6,8H2,1-3H3;3*2-6H,1H2;/q4*-1;+4. The van der Waals surface area contributed by atoms with E-state index in [1.54, 1.807) is 0 Å². The van der Waals surface area contributed by atoms with Gasteiger partial charge in [0.15, 0.2) is 0 Å². The normalized spacial score (nSPS) is 11.2. The van der Waals surface area contributed by atoms with Gasteiger partial charge >= 0.3 is 21.7 Å². The Morgan fingerprint density at radius 1 is 0.656 bits per heavy atom. The minimum absolute atomic E-state index is 0. The summed E-state index contributed by atoms with van der Waals surface area (Å²) in [5.74, 6) is 0. The van der Waals surface area contributed by atoms with Gasteiger partial charge in [-0.1, -0.05) is 50.3 Å². The molecule has 1 aliphatic carbocycles. The van der Waals surface area contributed by atoms with Gasteiger partial charge in [0.1, 0.15) is 0 Å². The van der Waals surface area contributed by atoms with Gasteiger partial charge in [-0.25, -0.2) is 12.2 Å². The first kappa shape index (κ1) is 29.7. The fourth-order valence-corrected chi connectivity index (χ4v) is 4.16. The van der Waals surface area contributed by atoms with E-state index in [-0.39, 0.29) is 21.7 Å². The summed E-state index contributed by atoms with van der Waals surface area (Å²) in [6.45, 7) is 18.4. The topological polar surface area (TPSA) is 0 Å². The van der Waals surface area contributed by atoms with Crippen LogP contribution < -0.4 is 0 Å². The van der Waals surface area contributed by atoms with Crippen molar-refractivity contribution in [2.45, 2.75) is 32.1 Å². The van der Waals surface area contributed by atoms with Crippen LogP contribution in [0.15, 0.2) is 109 Å². The van der Waals surface area contributed by atoms with E-state index in [1.165, 1.54) is 11.6 Å². The Morgan fingerprint density at radius 3 is 1.19 bits per heavy atom. The third-order valence-electron chi connectivity index (χ3n) is 4.04.